The van der Waals surface area contributed by atoms with E-state index in [1.807, 2.05) is 52.0 Å². The lowest BCUT2D eigenvalue weighted by Crippen LogP contribution is -2.44. The fraction of sp³-hybridized carbons (Fsp3) is 0.417. The zero-order chi connectivity index (χ0) is 21.1. The van der Waals surface area contributed by atoms with Crippen LogP contribution in [0.15, 0.2) is 48.5 Å². The van der Waals surface area contributed by atoms with E-state index >= 15 is 0 Å². The summed E-state index contributed by atoms with van der Waals surface area (Å²) < 4.78 is 6.06. The van der Waals surface area contributed by atoms with Crippen LogP contribution in [-0.4, -0.2) is 17.2 Å². The van der Waals surface area contributed by atoms with Crippen molar-refractivity contribution in [1.29, 1.82) is 0 Å². The quantitative estimate of drug-likeness (QED) is 0.570. The largest absolute Gasteiger partial charge is 0.486 e. The van der Waals surface area contributed by atoms with Gasteiger partial charge >= 0.3 is 0 Å². The number of rotatable bonds is 5. The minimum Gasteiger partial charge on any atom is -0.486 e. The number of ether oxygens (including phenoxy) is 1. The molecule has 1 atom stereocenters. The van der Waals surface area contributed by atoms with Gasteiger partial charge in [-0.05, 0) is 50.8 Å². The normalized spacial score (nSPS) is 13.0. The second-order valence-electron chi connectivity index (χ2n) is 9.15. The highest BCUT2D eigenvalue weighted by atomic mass is 16.5. The molecule has 0 aliphatic heterocycles. The van der Waals surface area contributed by atoms with E-state index in [2.05, 4.69) is 38.2 Å². The third kappa shape index (κ3) is 5.69. The van der Waals surface area contributed by atoms with E-state index in [0.717, 1.165) is 5.75 Å². The van der Waals surface area contributed by atoms with Crippen molar-refractivity contribution in [3.05, 3.63) is 65.2 Å². The predicted octanol–water partition coefficient (Wildman–Crippen LogP) is 5.22. The number of carbonyl (C=O) groups is 2. The first-order chi connectivity index (χ1) is 12.9. The van der Waals surface area contributed by atoms with Crippen LogP contribution in [0.2, 0.25) is 0 Å². The summed E-state index contributed by atoms with van der Waals surface area (Å²) in [6.07, 6.45) is -0.372. The van der Waals surface area contributed by atoms with E-state index in [-0.39, 0.29) is 11.5 Å². The molecule has 1 N–H and O–H groups in total. The maximum absolute atomic E-state index is 12.7. The molecule has 4 heteroatoms. The van der Waals surface area contributed by atoms with E-state index in [1.165, 1.54) is 5.56 Å². The molecule has 0 heterocycles. The lowest BCUT2D eigenvalue weighted by molar-refractivity contribution is -0.118. The summed E-state index contributed by atoms with van der Waals surface area (Å²) in [5.41, 5.74) is 1.88. The molecule has 0 radical (unpaired) electrons. The van der Waals surface area contributed by atoms with Crippen LogP contribution in [0.3, 0.4) is 0 Å². The van der Waals surface area contributed by atoms with Crippen molar-refractivity contribution in [3.8, 4) is 5.75 Å². The molecular weight excluding hydrogens is 350 g/mol. The zero-order valence-electron chi connectivity index (χ0n) is 17.9. The smallest absolute Gasteiger partial charge is 0.292 e. The molecular formula is C24H31NO3. The molecule has 0 bridgehead atoms. The summed E-state index contributed by atoms with van der Waals surface area (Å²) >= 11 is 0. The molecule has 0 fully saturated rings. The second kappa shape index (κ2) is 8.17. The number of Topliss-reactive ketones (excluding diaryl/α,β-unsaturated/α-hetero) is 1. The van der Waals surface area contributed by atoms with Crippen LogP contribution in [0.1, 0.15) is 76.1 Å². The first-order valence-corrected chi connectivity index (χ1v) is 9.61. The molecule has 4 nitrogen and oxygen atoms in total. The van der Waals surface area contributed by atoms with Crippen LogP contribution in [0.25, 0.3) is 0 Å². The van der Waals surface area contributed by atoms with Crippen LogP contribution in [0, 0.1) is 0 Å². The van der Waals surface area contributed by atoms with Gasteiger partial charge in [0.05, 0.1) is 0 Å². The number of benzene rings is 2. The molecule has 28 heavy (non-hydrogen) atoms. The molecule has 2 rings (SSSR count). The number of carbonyl (C=O) groups excluding carboxylic acids is 2. The van der Waals surface area contributed by atoms with Crippen molar-refractivity contribution in [2.24, 2.45) is 0 Å². The Bertz CT molecular complexity index is 839. The van der Waals surface area contributed by atoms with Gasteiger partial charge in [-0.1, -0.05) is 57.2 Å². The Hall–Kier alpha value is -2.62. The Morgan fingerprint density at radius 3 is 2.00 bits per heavy atom. The van der Waals surface area contributed by atoms with Crippen molar-refractivity contribution in [1.82, 2.24) is 5.32 Å². The molecule has 0 aromatic heterocycles. The summed E-state index contributed by atoms with van der Waals surface area (Å²) in [6, 6.07) is 15.1. The second-order valence-corrected chi connectivity index (χ2v) is 9.15. The highest BCUT2D eigenvalue weighted by Crippen LogP contribution is 2.28. The van der Waals surface area contributed by atoms with Crippen molar-refractivity contribution in [2.45, 2.75) is 65.5 Å². The predicted molar refractivity (Wildman–Crippen MR) is 113 cm³/mol. The van der Waals surface area contributed by atoms with Gasteiger partial charge in [-0.2, -0.15) is 0 Å². The lowest BCUT2D eigenvalue weighted by Gasteiger charge is -2.22. The van der Waals surface area contributed by atoms with Gasteiger partial charge in [0.2, 0.25) is 0 Å². The molecule has 1 amide bonds. The SMILES string of the molecule is CC(Oc1ccc(C(C)(C)C)cc1)c1ccccc1C(=O)C(=O)NC(C)(C)C. The minimum atomic E-state index is -0.610. The third-order valence-electron chi connectivity index (χ3n) is 4.37. The van der Waals surface area contributed by atoms with Crippen LogP contribution < -0.4 is 10.1 Å². The van der Waals surface area contributed by atoms with E-state index < -0.39 is 17.2 Å². The van der Waals surface area contributed by atoms with Gasteiger partial charge < -0.3 is 10.1 Å². The number of hydrogen-bond donors (Lipinski definition) is 1. The van der Waals surface area contributed by atoms with Crippen LogP contribution in [0.4, 0.5) is 0 Å². The molecule has 2 aromatic carbocycles. The zero-order valence-corrected chi connectivity index (χ0v) is 17.9. The number of amides is 1. The first-order valence-electron chi connectivity index (χ1n) is 9.61. The molecule has 1 unspecified atom stereocenters. The lowest BCUT2D eigenvalue weighted by atomic mass is 9.87. The van der Waals surface area contributed by atoms with E-state index in [1.54, 1.807) is 12.1 Å². The monoisotopic (exact) mass is 381 g/mol. The minimum absolute atomic E-state index is 0.0730. The molecule has 150 valence electrons. The van der Waals surface area contributed by atoms with Crippen LogP contribution >= 0.6 is 0 Å². The van der Waals surface area contributed by atoms with E-state index in [4.69, 9.17) is 4.74 Å². The summed E-state index contributed by atoms with van der Waals surface area (Å²) in [6.45, 7) is 13.9. The van der Waals surface area contributed by atoms with Crippen molar-refractivity contribution >= 4 is 11.7 Å². The number of ketones is 1. The Morgan fingerprint density at radius 2 is 1.46 bits per heavy atom. The molecule has 0 aliphatic rings. The maximum atomic E-state index is 12.7. The third-order valence-corrected chi connectivity index (χ3v) is 4.37. The fourth-order valence-electron chi connectivity index (χ4n) is 2.88. The average Bonchev–Trinajstić information content (AvgIpc) is 2.59. The highest BCUT2D eigenvalue weighted by Gasteiger charge is 2.25. The van der Waals surface area contributed by atoms with Gasteiger partial charge in [-0.25, -0.2) is 0 Å². The highest BCUT2D eigenvalue weighted by molar-refractivity contribution is 6.43. The molecule has 2 aromatic rings. The molecule has 0 aliphatic carbocycles. The standard InChI is InChI=1S/C24H31NO3/c1-16(28-18-14-12-17(13-15-18)23(2,3)4)19-10-8-9-11-20(19)21(26)22(27)25-24(5,6)7/h8-16H,1-7H3,(H,25,27). The Morgan fingerprint density at radius 1 is 0.893 bits per heavy atom. The summed E-state index contributed by atoms with van der Waals surface area (Å²) in [7, 11) is 0. The van der Waals surface area contributed by atoms with Gasteiger partial charge in [0.15, 0.2) is 0 Å². The van der Waals surface area contributed by atoms with Crippen molar-refractivity contribution < 1.29 is 14.3 Å². The van der Waals surface area contributed by atoms with Crippen molar-refractivity contribution in [2.75, 3.05) is 0 Å². The summed E-state index contributed by atoms with van der Waals surface area (Å²) in [5, 5.41) is 2.72. The molecule has 0 spiro atoms. The van der Waals surface area contributed by atoms with Gasteiger partial charge in [0, 0.05) is 16.7 Å². The Balaban J connectivity index is 2.21. The summed E-state index contributed by atoms with van der Waals surface area (Å²) in [4.78, 5) is 25.0. The van der Waals surface area contributed by atoms with E-state index in [0.29, 0.717) is 11.1 Å². The van der Waals surface area contributed by atoms with Crippen molar-refractivity contribution in [3.63, 3.8) is 0 Å². The number of nitrogens with one attached hydrogen (secondary N) is 1. The number of hydrogen-bond acceptors (Lipinski definition) is 3. The Labute approximate surface area is 168 Å². The van der Waals surface area contributed by atoms with Gasteiger partial charge in [0.25, 0.3) is 11.7 Å². The summed E-state index contributed by atoms with van der Waals surface area (Å²) in [5.74, 6) is -0.437. The van der Waals surface area contributed by atoms with E-state index in [9.17, 15) is 9.59 Å². The molecule has 0 saturated carbocycles. The first kappa shape index (κ1) is 21.7. The Kier molecular flexibility index (Phi) is 6.33. The van der Waals surface area contributed by atoms with Gasteiger partial charge in [-0.15, -0.1) is 0 Å². The van der Waals surface area contributed by atoms with Crippen LogP contribution in [0.5, 0.6) is 5.75 Å². The molecule has 0 saturated heterocycles. The fourth-order valence-corrected chi connectivity index (χ4v) is 2.88. The average molecular weight is 382 g/mol. The van der Waals surface area contributed by atoms with Crippen LogP contribution in [-0.2, 0) is 10.2 Å². The topological polar surface area (TPSA) is 55.4 Å². The maximum Gasteiger partial charge on any atom is 0.292 e. The van der Waals surface area contributed by atoms with Gasteiger partial charge in [-0.3, -0.25) is 9.59 Å². The van der Waals surface area contributed by atoms with Gasteiger partial charge in [0.1, 0.15) is 11.9 Å².